The number of carbonyl (C=O) groups excluding carboxylic acids is 1. The Labute approximate surface area is 163 Å². The Balaban J connectivity index is 0.00000156. The molecule has 0 radical (unpaired) electrons. The smallest absolute Gasteiger partial charge is 0.273 e. The van der Waals surface area contributed by atoms with E-state index in [1.807, 2.05) is 24.6 Å². The number of aryl methyl sites for hydroxylation is 2. The number of amides is 1. The lowest BCUT2D eigenvalue weighted by Gasteiger charge is -2.32. The van der Waals surface area contributed by atoms with Crippen LogP contribution < -0.4 is 5.73 Å². The number of nitrogens with zero attached hydrogens (tertiary/aromatic N) is 4. The predicted octanol–water partition coefficient (Wildman–Crippen LogP) is 1.80. The molecule has 2 aromatic rings. The van der Waals surface area contributed by atoms with E-state index < -0.39 is 0 Å². The zero-order valence-electron chi connectivity index (χ0n) is 14.2. The second-order valence-electron chi connectivity index (χ2n) is 5.68. The van der Waals surface area contributed by atoms with Crippen molar-refractivity contribution in [2.75, 3.05) is 19.7 Å². The molecule has 1 atom stereocenters. The van der Waals surface area contributed by atoms with Gasteiger partial charge in [0.2, 0.25) is 0 Å². The summed E-state index contributed by atoms with van der Waals surface area (Å²) >= 11 is 1.42. The van der Waals surface area contributed by atoms with E-state index in [0.717, 1.165) is 16.4 Å². The number of ether oxygens (including phenoxy) is 1. The number of halogens is 2. The SMILES string of the molecule is Cc1cc(C)n(CC2CN(C(=O)c3csc(CN)n3)CCO2)n1.Cl.Cl. The maximum absolute atomic E-state index is 12.5. The van der Waals surface area contributed by atoms with E-state index >= 15 is 0 Å². The van der Waals surface area contributed by atoms with Crippen molar-refractivity contribution in [1.29, 1.82) is 0 Å². The Morgan fingerprint density at radius 2 is 2.20 bits per heavy atom. The van der Waals surface area contributed by atoms with Crippen LogP contribution in [0.25, 0.3) is 0 Å². The summed E-state index contributed by atoms with van der Waals surface area (Å²) in [6.45, 7) is 6.67. The standard InChI is InChI=1S/C15H21N5O2S.2ClH/c1-10-5-11(2)20(18-10)8-12-7-19(3-4-22-12)15(21)13-9-23-14(6-16)17-13;;/h5,9,12H,3-4,6-8,16H2,1-2H3;2*1H. The molecule has 1 amide bonds. The summed E-state index contributed by atoms with van der Waals surface area (Å²) in [6, 6.07) is 2.04. The molecule has 1 unspecified atom stereocenters. The van der Waals surface area contributed by atoms with Gasteiger partial charge in [0.15, 0.2) is 0 Å². The van der Waals surface area contributed by atoms with Crippen molar-refractivity contribution in [3.8, 4) is 0 Å². The number of carbonyl (C=O) groups is 1. The first-order valence-corrected chi connectivity index (χ1v) is 8.51. The van der Waals surface area contributed by atoms with E-state index in [1.165, 1.54) is 11.3 Å². The molecule has 0 spiro atoms. The molecule has 0 aromatic carbocycles. The lowest BCUT2D eigenvalue weighted by Crippen LogP contribution is -2.47. The van der Waals surface area contributed by atoms with E-state index in [9.17, 15) is 4.79 Å². The largest absolute Gasteiger partial charge is 0.373 e. The number of nitrogens with two attached hydrogens (primary N) is 1. The van der Waals surface area contributed by atoms with Crippen molar-refractivity contribution >= 4 is 42.1 Å². The highest BCUT2D eigenvalue weighted by atomic mass is 35.5. The van der Waals surface area contributed by atoms with Gasteiger partial charge < -0.3 is 15.4 Å². The van der Waals surface area contributed by atoms with Crippen LogP contribution in [-0.4, -0.2) is 51.4 Å². The monoisotopic (exact) mass is 407 g/mol. The van der Waals surface area contributed by atoms with Crippen molar-refractivity contribution in [1.82, 2.24) is 19.7 Å². The zero-order chi connectivity index (χ0) is 16.4. The van der Waals surface area contributed by atoms with Crippen LogP contribution in [0.2, 0.25) is 0 Å². The van der Waals surface area contributed by atoms with Crippen molar-refractivity contribution in [3.05, 3.63) is 33.5 Å². The van der Waals surface area contributed by atoms with Gasteiger partial charge in [-0.2, -0.15) is 5.10 Å². The van der Waals surface area contributed by atoms with Crippen LogP contribution in [0.15, 0.2) is 11.4 Å². The van der Waals surface area contributed by atoms with Gasteiger partial charge in [0, 0.05) is 30.7 Å². The van der Waals surface area contributed by atoms with Gasteiger partial charge in [-0.3, -0.25) is 9.48 Å². The molecule has 140 valence electrons. The first-order chi connectivity index (χ1) is 11.1. The number of hydrogen-bond acceptors (Lipinski definition) is 6. The van der Waals surface area contributed by atoms with Crippen LogP contribution in [0, 0.1) is 13.8 Å². The molecule has 1 aliphatic heterocycles. The average Bonchev–Trinajstić information content (AvgIpc) is 3.14. The first-order valence-electron chi connectivity index (χ1n) is 7.63. The van der Waals surface area contributed by atoms with E-state index in [1.54, 1.807) is 10.3 Å². The summed E-state index contributed by atoms with van der Waals surface area (Å²) < 4.78 is 7.73. The van der Waals surface area contributed by atoms with Crippen LogP contribution in [-0.2, 0) is 17.8 Å². The highest BCUT2D eigenvalue weighted by Crippen LogP contribution is 2.15. The molecule has 1 aliphatic rings. The van der Waals surface area contributed by atoms with Crippen LogP contribution in [0.4, 0.5) is 0 Å². The zero-order valence-corrected chi connectivity index (χ0v) is 16.6. The maximum Gasteiger partial charge on any atom is 0.273 e. The fourth-order valence-corrected chi connectivity index (χ4v) is 3.38. The highest BCUT2D eigenvalue weighted by molar-refractivity contribution is 7.09. The minimum Gasteiger partial charge on any atom is -0.373 e. The Morgan fingerprint density at radius 1 is 1.44 bits per heavy atom. The molecule has 7 nitrogen and oxygen atoms in total. The molecule has 1 saturated heterocycles. The van der Waals surface area contributed by atoms with Gasteiger partial charge in [0.05, 0.1) is 24.9 Å². The summed E-state index contributed by atoms with van der Waals surface area (Å²) in [5.74, 6) is -0.0531. The van der Waals surface area contributed by atoms with E-state index in [4.69, 9.17) is 10.5 Å². The summed E-state index contributed by atoms with van der Waals surface area (Å²) in [6.07, 6.45) is -0.0571. The van der Waals surface area contributed by atoms with Gasteiger partial charge in [-0.25, -0.2) is 4.98 Å². The summed E-state index contributed by atoms with van der Waals surface area (Å²) in [7, 11) is 0. The fraction of sp³-hybridized carbons (Fsp3) is 0.533. The minimum atomic E-state index is -0.0571. The molecule has 10 heteroatoms. The summed E-state index contributed by atoms with van der Waals surface area (Å²) in [5.41, 5.74) is 8.12. The van der Waals surface area contributed by atoms with Crippen LogP contribution in [0.5, 0.6) is 0 Å². The Kier molecular flexibility index (Phi) is 8.30. The second-order valence-corrected chi connectivity index (χ2v) is 6.63. The van der Waals surface area contributed by atoms with Gasteiger partial charge in [0.1, 0.15) is 10.7 Å². The molecule has 3 rings (SSSR count). The van der Waals surface area contributed by atoms with Gasteiger partial charge >= 0.3 is 0 Å². The van der Waals surface area contributed by atoms with Crippen molar-refractivity contribution in [3.63, 3.8) is 0 Å². The Hall–Kier alpha value is -1.19. The lowest BCUT2D eigenvalue weighted by atomic mass is 10.2. The number of rotatable bonds is 4. The molecule has 0 saturated carbocycles. The Bertz CT molecular complexity index is 706. The van der Waals surface area contributed by atoms with Crippen LogP contribution in [0.1, 0.15) is 26.9 Å². The normalized spacial score (nSPS) is 16.9. The second kappa shape index (κ2) is 9.49. The summed E-state index contributed by atoms with van der Waals surface area (Å²) in [5, 5.41) is 7.01. The molecule has 25 heavy (non-hydrogen) atoms. The molecular formula is C15H23Cl2N5O2S. The number of hydrogen-bond donors (Lipinski definition) is 1. The molecule has 0 bridgehead atoms. The minimum absolute atomic E-state index is 0. The Morgan fingerprint density at radius 3 is 2.80 bits per heavy atom. The first kappa shape index (κ1) is 21.9. The number of thiazole rings is 1. The molecular weight excluding hydrogens is 385 g/mol. The predicted molar refractivity (Wildman–Crippen MR) is 102 cm³/mol. The lowest BCUT2D eigenvalue weighted by molar-refractivity contribution is -0.0304. The van der Waals surface area contributed by atoms with Gasteiger partial charge in [0.25, 0.3) is 5.91 Å². The molecule has 2 N–H and O–H groups in total. The van der Waals surface area contributed by atoms with E-state index in [2.05, 4.69) is 10.1 Å². The van der Waals surface area contributed by atoms with Crippen molar-refractivity contribution < 1.29 is 9.53 Å². The molecule has 1 fully saturated rings. The fourth-order valence-electron chi connectivity index (χ4n) is 2.73. The topological polar surface area (TPSA) is 86.3 Å². The van der Waals surface area contributed by atoms with Crippen molar-refractivity contribution in [2.24, 2.45) is 5.73 Å². The maximum atomic E-state index is 12.5. The van der Waals surface area contributed by atoms with Crippen molar-refractivity contribution in [2.45, 2.75) is 33.0 Å². The van der Waals surface area contributed by atoms with E-state index in [0.29, 0.717) is 38.5 Å². The summed E-state index contributed by atoms with van der Waals surface area (Å²) in [4.78, 5) is 18.6. The van der Waals surface area contributed by atoms with Crippen LogP contribution in [0.3, 0.4) is 0 Å². The third kappa shape index (κ3) is 5.15. The molecule has 0 aliphatic carbocycles. The third-order valence-corrected chi connectivity index (χ3v) is 4.72. The van der Waals surface area contributed by atoms with E-state index in [-0.39, 0.29) is 36.8 Å². The van der Waals surface area contributed by atoms with Crippen LogP contribution >= 0.6 is 36.2 Å². The van der Waals surface area contributed by atoms with Gasteiger partial charge in [-0.1, -0.05) is 0 Å². The van der Waals surface area contributed by atoms with Gasteiger partial charge in [-0.15, -0.1) is 36.2 Å². The third-order valence-electron chi connectivity index (χ3n) is 3.85. The number of aromatic nitrogens is 3. The molecule has 2 aromatic heterocycles. The number of morpholine rings is 1. The average molecular weight is 408 g/mol. The quantitative estimate of drug-likeness (QED) is 0.834. The van der Waals surface area contributed by atoms with Gasteiger partial charge in [-0.05, 0) is 19.9 Å². The molecule has 3 heterocycles. The highest BCUT2D eigenvalue weighted by Gasteiger charge is 2.27.